The molecule has 0 aromatic carbocycles. The number of halogens is 4. The number of aromatic amines is 1. The second kappa shape index (κ2) is 2.89. The lowest BCUT2D eigenvalue weighted by Gasteiger charge is -1.92. The lowest BCUT2D eigenvalue weighted by molar-refractivity contribution is 0.135. The van der Waals surface area contributed by atoms with E-state index in [1.165, 1.54) is 0 Å². The van der Waals surface area contributed by atoms with E-state index in [1.807, 2.05) is 0 Å². The Labute approximate surface area is 59.3 Å². The van der Waals surface area contributed by atoms with E-state index in [0.29, 0.717) is 6.20 Å². The van der Waals surface area contributed by atoms with Crippen LogP contribution < -0.4 is 0 Å². The molecular formula is C5H4F4N2. The number of rotatable bonds is 2. The average Bonchev–Trinajstić information content (AvgIpc) is 2.33. The van der Waals surface area contributed by atoms with Gasteiger partial charge in [-0.1, -0.05) is 0 Å². The topological polar surface area (TPSA) is 28.7 Å². The molecule has 1 aromatic rings. The average molecular weight is 168 g/mol. The molecule has 0 radical (unpaired) electrons. The van der Waals surface area contributed by atoms with Crippen molar-refractivity contribution in [3.8, 4) is 0 Å². The van der Waals surface area contributed by atoms with Crippen LogP contribution in [0.4, 0.5) is 17.6 Å². The Balaban J connectivity index is 2.82. The summed E-state index contributed by atoms with van der Waals surface area (Å²) in [4.78, 5) is 4.85. The highest BCUT2D eigenvalue weighted by Crippen LogP contribution is 2.20. The molecule has 0 spiro atoms. The Bertz CT molecular complexity index is 210. The maximum Gasteiger partial charge on any atom is 0.295 e. The lowest BCUT2D eigenvalue weighted by Crippen LogP contribution is -1.88. The normalized spacial score (nSPS) is 11.5. The van der Waals surface area contributed by atoms with Crippen LogP contribution in [0.3, 0.4) is 0 Å². The molecule has 0 aliphatic rings. The Morgan fingerprint density at radius 2 is 1.82 bits per heavy atom. The highest BCUT2D eigenvalue weighted by molar-refractivity contribution is 5.02. The van der Waals surface area contributed by atoms with Crippen LogP contribution >= 0.6 is 0 Å². The number of imidazole rings is 1. The molecule has 0 aliphatic carbocycles. The Morgan fingerprint density at radius 3 is 2.09 bits per heavy atom. The van der Waals surface area contributed by atoms with E-state index >= 15 is 0 Å². The number of H-pyrrole nitrogens is 1. The van der Waals surface area contributed by atoms with Crippen molar-refractivity contribution in [1.29, 1.82) is 0 Å². The second-order valence-corrected chi connectivity index (χ2v) is 1.83. The molecule has 0 aliphatic heterocycles. The van der Waals surface area contributed by atoms with Crippen molar-refractivity contribution < 1.29 is 17.6 Å². The van der Waals surface area contributed by atoms with Crippen molar-refractivity contribution >= 4 is 0 Å². The van der Waals surface area contributed by atoms with Crippen LogP contribution in [0.15, 0.2) is 6.20 Å². The van der Waals surface area contributed by atoms with Gasteiger partial charge in [-0.25, -0.2) is 22.5 Å². The fraction of sp³-hybridized carbons (Fsp3) is 0.400. The number of nitrogens with zero attached hydrogens (tertiary/aromatic N) is 1. The van der Waals surface area contributed by atoms with E-state index in [-0.39, 0.29) is 0 Å². The smallest absolute Gasteiger partial charge is 0.295 e. The van der Waals surface area contributed by atoms with Crippen molar-refractivity contribution in [3.63, 3.8) is 0 Å². The molecular weight excluding hydrogens is 164 g/mol. The van der Waals surface area contributed by atoms with Gasteiger partial charge in [0, 0.05) is 0 Å². The van der Waals surface area contributed by atoms with Gasteiger partial charge in [0.25, 0.3) is 12.9 Å². The molecule has 11 heavy (non-hydrogen) atoms. The highest BCUT2D eigenvalue weighted by Gasteiger charge is 2.15. The minimum absolute atomic E-state index is 0.583. The predicted octanol–water partition coefficient (Wildman–Crippen LogP) is 2.28. The summed E-state index contributed by atoms with van der Waals surface area (Å²) >= 11 is 0. The molecule has 0 amide bonds. The first-order chi connectivity index (χ1) is 5.11. The zero-order chi connectivity index (χ0) is 8.43. The van der Waals surface area contributed by atoms with Crippen LogP contribution in [0, 0.1) is 0 Å². The van der Waals surface area contributed by atoms with Gasteiger partial charge in [0.2, 0.25) is 0 Å². The summed E-state index contributed by atoms with van der Waals surface area (Å²) in [5.41, 5.74) is -0.583. The van der Waals surface area contributed by atoms with E-state index in [9.17, 15) is 17.6 Å². The van der Waals surface area contributed by atoms with Gasteiger partial charge in [-0.3, -0.25) is 0 Å². The molecule has 6 heteroatoms. The van der Waals surface area contributed by atoms with E-state index in [1.54, 1.807) is 4.98 Å². The molecule has 1 heterocycles. The van der Waals surface area contributed by atoms with Crippen LogP contribution in [0.25, 0.3) is 0 Å². The standard InChI is InChI=1S/C5H4F4N2/c6-3(7)2-1-10-5(11-2)4(8)9/h1,3-4H,(H,10,11). The fourth-order valence-corrected chi connectivity index (χ4v) is 0.573. The van der Waals surface area contributed by atoms with Gasteiger partial charge in [0.1, 0.15) is 5.69 Å². The van der Waals surface area contributed by atoms with Crippen LogP contribution in [0.1, 0.15) is 24.4 Å². The quantitative estimate of drug-likeness (QED) is 0.674. The summed E-state index contributed by atoms with van der Waals surface area (Å²) in [6, 6.07) is 0. The van der Waals surface area contributed by atoms with Gasteiger partial charge in [-0.2, -0.15) is 0 Å². The third kappa shape index (κ3) is 1.69. The van der Waals surface area contributed by atoms with Crippen molar-refractivity contribution in [2.75, 3.05) is 0 Å². The van der Waals surface area contributed by atoms with Crippen molar-refractivity contribution in [1.82, 2.24) is 9.97 Å². The minimum atomic E-state index is -2.83. The molecule has 0 bridgehead atoms. The summed E-state index contributed by atoms with van der Waals surface area (Å²) in [6.07, 6.45) is -4.91. The molecule has 1 rings (SSSR count). The maximum atomic E-state index is 11.7. The van der Waals surface area contributed by atoms with Crippen molar-refractivity contribution in [2.24, 2.45) is 0 Å². The Hall–Kier alpha value is -1.07. The number of alkyl halides is 4. The van der Waals surface area contributed by atoms with E-state index < -0.39 is 24.4 Å². The van der Waals surface area contributed by atoms with Crippen molar-refractivity contribution in [3.05, 3.63) is 17.7 Å². The van der Waals surface area contributed by atoms with E-state index in [2.05, 4.69) is 4.98 Å². The first-order valence-corrected chi connectivity index (χ1v) is 2.72. The first kappa shape index (κ1) is 8.03. The molecule has 0 saturated heterocycles. The minimum Gasteiger partial charge on any atom is -0.336 e. The summed E-state index contributed by atoms with van der Waals surface area (Å²) in [5, 5.41) is 0. The Morgan fingerprint density at radius 1 is 1.18 bits per heavy atom. The fourth-order valence-electron chi connectivity index (χ4n) is 0.573. The summed E-state index contributed by atoms with van der Waals surface area (Å²) in [6.45, 7) is 0. The number of hydrogen-bond acceptors (Lipinski definition) is 1. The molecule has 0 unspecified atom stereocenters. The maximum absolute atomic E-state index is 11.7. The number of aromatic nitrogens is 2. The van der Waals surface area contributed by atoms with Gasteiger partial charge >= 0.3 is 0 Å². The third-order valence-corrected chi connectivity index (χ3v) is 1.06. The van der Waals surface area contributed by atoms with Gasteiger partial charge in [-0.05, 0) is 0 Å². The van der Waals surface area contributed by atoms with Crippen LogP contribution in [-0.4, -0.2) is 9.97 Å². The van der Waals surface area contributed by atoms with Gasteiger partial charge < -0.3 is 4.98 Å². The Kier molecular flexibility index (Phi) is 2.11. The largest absolute Gasteiger partial charge is 0.336 e. The number of nitrogens with one attached hydrogen (secondary N) is 1. The highest BCUT2D eigenvalue weighted by atomic mass is 19.3. The van der Waals surface area contributed by atoms with Crippen LogP contribution in [-0.2, 0) is 0 Å². The predicted molar refractivity (Wildman–Crippen MR) is 28.5 cm³/mol. The molecule has 62 valence electrons. The number of hydrogen-bond donors (Lipinski definition) is 1. The van der Waals surface area contributed by atoms with E-state index in [4.69, 9.17) is 0 Å². The monoisotopic (exact) mass is 168 g/mol. The van der Waals surface area contributed by atoms with Gasteiger partial charge in [-0.15, -0.1) is 0 Å². The second-order valence-electron chi connectivity index (χ2n) is 1.83. The van der Waals surface area contributed by atoms with Crippen LogP contribution in [0.5, 0.6) is 0 Å². The van der Waals surface area contributed by atoms with E-state index in [0.717, 1.165) is 0 Å². The lowest BCUT2D eigenvalue weighted by atomic mass is 10.5. The molecule has 1 N–H and O–H groups in total. The molecule has 2 nitrogen and oxygen atoms in total. The summed E-state index contributed by atoms with van der Waals surface area (Å²) in [7, 11) is 0. The summed E-state index contributed by atoms with van der Waals surface area (Å²) in [5.74, 6) is -0.722. The first-order valence-electron chi connectivity index (χ1n) is 2.72. The van der Waals surface area contributed by atoms with Gasteiger partial charge in [0.05, 0.1) is 6.20 Å². The third-order valence-electron chi connectivity index (χ3n) is 1.06. The zero-order valence-electron chi connectivity index (χ0n) is 5.19. The van der Waals surface area contributed by atoms with Gasteiger partial charge in [0.15, 0.2) is 5.82 Å². The molecule has 0 atom stereocenters. The molecule has 1 aromatic heterocycles. The SMILES string of the molecule is FC(F)c1cnc(C(F)F)[nH]1. The molecule has 0 saturated carbocycles. The molecule has 0 fully saturated rings. The summed E-state index contributed by atoms with van der Waals surface area (Å²) < 4.78 is 46.9. The van der Waals surface area contributed by atoms with Crippen molar-refractivity contribution in [2.45, 2.75) is 12.9 Å². The van der Waals surface area contributed by atoms with Crippen LogP contribution in [0.2, 0.25) is 0 Å². The zero-order valence-corrected chi connectivity index (χ0v) is 5.19.